The minimum absolute atomic E-state index is 0.0184. The highest BCUT2D eigenvalue weighted by molar-refractivity contribution is 7.13. The Morgan fingerprint density at radius 1 is 1.26 bits per heavy atom. The average molecular weight is 496 g/mol. The Morgan fingerprint density at radius 2 is 2.06 bits per heavy atom. The summed E-state index contributed by atoms with van der Waals surface area (Å²) < 4.78 is 12.1. The maximum Gasteiger partial charge on any atom is 0.339 e. The number of pyridine rings is 1. The molecular weight excluding hydrogens is 474 g/mol. The molecule has 1 aromatic carbocycles. The van der Waals surface area contributed by atoms with Gasteiger partial charge in [-0.3, -0.25) is 14.9 Å². The average Bonchev–Trinajstić information content (AvgIpc) is 3.52. The highest BCUT2D eigenvalue weighted by Gasteiger charge is 2.21. The Morgan fingerprint density at radius 3 is 2.71 bits per heavy atom. The molecule has 35 heavy (non-hydrogen) atoms. The maximum absolute atomic E-state index is 13.0. The second-order valence-corrected chi connectivity index (χ2v) is 8.67. The number of nitro benzene ring substituents is 1. The summed E-state index contributed by atoms with van der Waals surface area (Å²) in [5.41, 5.74) is 1.41. The molecule has 0 unspecified atom stereocenters. The summed E-state index contributed by atoms with van der Waals surface area (Å²) in [6.07, 6.45) is 1.55. The molecule has 12 heteroatoms. The van der Waals surface area contributed by atoms with Crippen LogP contribution in [0.15, 0.2) is 48.0 Å². The second kappa shape index (κ2) is 9.89. The van der Waals surface area contributed by atoms with Gasteiger partial charge in [-0.2, -0.15) is 5.10 Å². The molecule has 0 saturated heterocycles. The summed E-state index contributed by atoms with van der Waals surface area (Å²) >= 11 is 1.49. The summed E-state index contributed by atoms with van der Waals surface area (Å²) in [7, 11) is 1.33. The number of aromatic nitrogens is 3. The largest absolute Gasteiger partial charge is 0.494 e. The van der Waals surface area contributed by atoms with Crippen LogP contribution in [0.3, 0.4) is 0 Å². The normalized spacial score (nSPS) is 11.0. The van der Waals surface area contributed by atoms with E-state index >= 15 is 0 Å². The van der Waals surface area contributed by atoms with E-state index in [2.05, 4.69) is 10.4 Å². The van der Waals surface area contributed by atoms with E-state index in [0.717, 1.165) is 4.88 Å². The summed E-state index contributed by atoms with van der Waals surface area (Å²) in [5.74, 6) is -1.23. The van der Waals surface area contributed by atoms with Crippen LogP contribution in [0.25, 0.3) is 21.6 Å². The van der Waals surface area contributed by atoms with E-state index in [4.69, 9.17) is 14.5 Å². The molecule has 11 nitrogen and oxygen atoms in total. The van der Waals surface area contributed by atoms with Crippen molar-refractivity contribution in [2.24, 2.45) is 0 Å². The molecule has 0 radical (unpaired) electrons. The number of fused-ring (bicyclic) bond motifs is 1. The molecule has 0 fully saturated rings. The highest BCUT2D eigenvalue weighted by Crippen LogP contribution is 2.30. The number of thiophene rings is 1. The Balaban J connectivity index is 1.55. The molecule has 4 aromatic rings. The van der Waals surface area contributed by atoms with Gasteiger partial charge in [0.25, 0.3) is 11.6 Å². The van der Waals surface area contributed by atoms with E-state index in [1.54, 1.807) is 16.9 Å². The van der Waals surface area contributed by atoms with Gasteiger partial charge in [-0.05, 0) is 37.4 Å². The van der Waals surface area contributed by atoms with Crippen LogP contribution in [0.4, 0.5) is 11.4 Å². The van der Waals surface area contributed by atoms with Gasteiger partial charge in [-0.15, -0.1) is 11.3 Å². The fourth-order valence-electron chi connectivity index (χ4n) is 3.41. The number of benzene rings is 1. The van der Waals surface area contributed by atoms with Gasteiger partial charge >= 0.3 is 5.97 Å². The monoisotopic (exact) mass is 495 g/mol. The van der Waals surface area contributed by atoms with E-state index in [-0.39, 0.29) is 28.7 Å². The van der Waals surface area contributed by atoms with Crippen molar-refractivity contribution >= 4 is 45.6 Å². The van der Waals surface area contributed by atoms with Gasteiger partial charge in [0.05, 0.1) is 51.5 Å². The third kappa shape index (κ3) is 4.96. The number of nitro groups is 1. The van der Waals surface area contributed by atoms with Gasteiger partial charge in [0.15, 0.2) is 12.3 Å². The lowest BCUT2D eigenvalue weighted by molar-refractivity contribution is -0.384. The molecule has 0 bridgehead atoms. The molecule has 0 atom stereocenters. The van der Waals surface area contributed by atoms with Crippen molar-refractivity contribution in [1.29, 1.82) is 0 Å². The molecule has 1 amide bonds. The van der Waals surface area contributed by atoms with Crippen LogP contribution in [0.2, 0.25) is 0 Å². The van der Waals surface area contributed by atoms with E-state index in [0.29, 0.717) is 16.7 Å². The molecule has 0 saturated carbocycles. The SMILES string of the molecule is COc1cc([N+](=O)[O-])ccc1NC(=O)COC(=O)c1cc(-c2cccs2)nc2c1cnn2C(C)C. The third-order valence-electron chi connectivity index (χ3n) is 5.05. The number of carbonyl (C=O) groups excluding carboxylic acids is 2. The first-order chi connectivity index (χ1) is 16.8. The van der Waals surface area contributed by atoms with Crippen molar-refractivity contribution in [2.75, 3.05) is 19.0 Å². The fourth-order valence-corrected chi connectivity index (χ4v) is 4.09. The van der Waals surface area contributed by atoms with E-state index in [1.807, 2.05) is 31.4 Å². The molecule has 0 aliphatic heterocycles. The number of rotatable bonds is 8. The number of nitrogens with zero attached hydrogens (tertiary/aromatic N) is 4. The maximum atomic E-state index is 13.0. The number of methoxy groups -OCH3 is 1. The Kier molecular flexibility index (Phi) is 6.73. The minimum Gasteiger partial charge on any atom is -0.494 e. The van der Waals surface area contributed by atoms with Crippen LogP contribution in [0, 0.1) is 10.1 Å². The van der Waals surface area contributed by atoms with Crippen LogP contribution in [-0.2, 0) is 9.53 Å². The number of amides is 1. The molecule has 180 valence electrons. The zero-order valence-electron chi connectivity index (χ0n) is 19.0. The molecule has 0 aliphatic carbocycles. The Bertz CT molecular complexity index is 1410. The predicted molar refractivity (Wildman–Crippen MR) is 130 cm³/mol. The number of carbonyl (C=O) groups is 2. The number of hydrogen-bond acceptors (Lipinski definition) is 9. The quantitative estimate of drug-likeness (QED) is 0.215. The standard InChI is InChI=1S/C23H21N5O6S/c1-13(2)27-22-16(11-24-27)15(10-18(26-22)20-5-4-8-35-20)23(30)34-12-21(29)25-17-7-6-14(28(31)32)9-19(17)33-3/h4-11,13H,12H2,1-3H3,(H,25,29). The van der Waals surface area contributed by atoms with Gasteiger partial charge < -0.3 is 14.8 Å². The molecular formula is C23H21N5O6S. The zero-order valence-corrected chi connectivity index (χ0v) is 19.9. The summed E-state index contributed by atoms with van der Waals surface area (Å²) in [4.78, 5) is 41.4. The van der Waals surface area contributed by atoms with Crippen LogP contribution in [0.5, 0.6) is 5.75 Å². The van der Waals surface area contributed by atoms with Crippen LogP contribution < -0.4 is 10.1 Å². The second-order valence-electron chi connectivity index (χ2n) is 7.72. The summed E-state index contributed by atoms with van der Waals surface area (Å²) in [5, 5.41) is 20.3. The first-order valence-electron chi connectivity index (χ1n) is 10.5. The van der Waals surface area contributed by atoms with Crippen molar-refractivity contribution < 1.29 is 24.0 Å². The molecule has 0 aliphatic rings. The summed E-state index contributed by atoms with van der Waals surface area (Å²) in [6, 6.07) is 9.20. The highest BCUT2D eigenvalue weighted by atomic mass is 32.1. The van der Waals surface area contributed by atoms with Crippen molar-refractivity contribution in [3.63, 3.8) is 0 Å². The molecule has 4 rings (SSSR count). The number of nitrogens with one attached hydrogen (secondary N) is 1. The van der Waals surface area contributed by atoms with Crippen molar-refractivity contribution in [1.82, 2.24) is 14.8 Å². The zero-order chi connectivity index (χ0) is 25.1. The van der Waals surface area contributed by atoms with Crippen LogP contribution >= 0.6 is 11.3 Å². The van der Waals surface area contributed by atoms with Crippen molar-refractivity contribution in [3.8, 4) is 16.3 Å². The Hall–Kier alpha value is -4.32. The van der Waals surface area contributed by atoms with Crippen LogP contribution in [-0.4, -0.2) is 45.3 Å². The lowest BCUT2D eigenvalue weighted by Crippen LogP contribution is -2.21. The van der Waals surface area contributed by atoms with Crippen molar-refractivity contribution in [3.05, 3.63) is 63.7 Å². The van der Waals surface area contributed by atoms with Crippen LogP contribution in [0.1, 0.15) is 30.2 Å². The van der Waals surface area contributed by atoms with E-state index in [1.165, 1.54) is 36.6 Å². The lowest BCUT2D eigenvalue weighted by Gasteiger charge is -2.11. The minimum atomic E-state index is -0.704. The van der Waals surface area contributed by atoms with Gasteiger partial charge in [0.1, 0.15) is 5.75 Å². The van der Waals surface area contributed by atoms with Gasteiger partial charge in [0, 0.05) is 12.1 Å². The molecule has 3 heterocycles. The lowest BCUT2D eigenvalue weighted by atomic mass is 10.1. The number of esters is 1. The number of anilines is 1. The van der Waals surface area contributed by atoms with E-state index < -0.39 is 23.4 Å². The first kappa shape index (κ1) is 23.8. The smallest absolute Gasteiger partial charge is 0.339 e. The molecule has 3 aromatic heterocycles. The Labute approximate surface area is 203 Å². The van der Waals surface area contributed by atoms with Gasteiger partial charge in [-0.25, -0.2) is 14.5 Å². The fraction of sp³-hybridized carbons (Fsp3) is 0.217. The van der Waals surface area contributed by atoms with Gasteiger partial charge in [-0.1, -0.05) is 6.07 Å². The number of hydrogen-bond donors (Lipinski definition) is 1. The summed E-state index contributed by atoms with van der Waals surface area (Å²) in [6.45, 7) is 3.34. The van der Waals surface area contributed by atoms with Crippen molar-refractivity contribution in [2.45, 2.75) is 19.9 Å². The number of non-ortho nitro benzene ring substituents is 1. The van der Waals surface area contributed by atoms with E-state index in [9.17, 15) is 19.7 Å². The first-order valence-corrected chi connectivity index (χ1v) is 11.4. The topological polar surface area (TPSA) is 138 Å². The predicted octanol–water partition coefficient (Wildman–Crippen LogP) is 4.45. The van der Waals surface area contributed by atoms with Gasteiger partial charge in [0.2, 0.25) is 0 Å². The number of ether oxygens (including phenoxy) is 2. The molecule has 1 N–H and O–H groups in total. The molecule has 0 spiro atoms. The third-order valence-corrected chi connectivity index (χ3v) is 5.95.